The summed E-state index contributed by atoms with van der Waals surface area (Å²) >= 11 is 18.0. The third kappa shape index (κ3) is 3.64. The summed E-state index contributed by atoms with van der Waals surface area (Å²) in [5.41, 5.74) is 1.42. The Morgan fingerprint density at radius 3 is 2.35 bits per heavy atom. The van der Waals surface area contributed by atoms with E-state index in [1.54, 1.807) is 25.2 Å². The largest absolute Gasteiger partial charge is 0.313 e. The second-order valence-electron chi connectivity index (χ2n) is 4.45. The molecular weight excluding hydrogens is 320 g/mol. The normalized spacial score (nSPS) is 12.4. The quantitative estimate of drug-likeness (QED) is 0.802. The monoisotopic (exact) mass is 331 g/mol. The smallest absolute Gasteiger partial charge is 0.128 e. The van der Waals surface area contributed by atoms with Crippen molar-refractivity contribution >= 4 is 34.8 Å². The van der Waals surface area contributed by atoms with Crippen LogP contribution in [-0.4, -0.2) is 7.05 Å². The summed E-state index contributed by atoms with van der Waals surface area (Å²) in [6.07, 6.45) is 0.545. The van der Waals surface area contributed by atoms with Gasteiger partial charge in [0, 0.05) is 26.7 Å². The van der Waals surface area contributed by atoms with Gasteiger partial charge in [0.05, 0.1) is 0 Å². The maximum Gasteiger partial charge on any atom is 0.128 e. The van der Waals surface area contributed by atoms with Crippen molar-refractivity contribution < 1.29 is 4.39 Å². The number of likely N-dealkylation sites (N-methyl/N-ethyl adjacent to an activating group) is 1. The molecule has 0 aliphatic carbocycles. The Kier molecular flexibility index (Phi) is 5.28. The lowest BCUT2D eigenvalue weighted by molar-refractivity contribution is 0.534. The van der Waals surface area contributed by atoms with Gasteiger partial charge in [-0.3, -0.25) is 0 Å². The first-order valence-electron chi connectivity index (χ1n) is 6.07. The Morgan fingerprint density at radius 1 is 1.05 bits per heavy atom. The van der Waals surface area contributed by atoms with Gasteiger partial charge in [-0.15, -0.1) is 0 Å². The van der Waals surface area contributed by atoms with Crippen molar-refractivity contribution in [2.45, 2.75) is 12.5 Å². The van der Waals surface area contributed by atoms with Crippen LogP contribution in [0.3, 0.4) is 0 Å². The standard InChI is InChI=1S/C15H13Cl3FN/c1-20-15(12-7-10(16)4-5-14(12)19)6-9-2-3-11(17)8-13(9)18/h2-5,7-8,15,20H,6H2,1H3. The first-order chi connectivity index (χ1) is 9.51. The maximum absolute atomic E-state index is 13.9. The van der Waals surface area contributed by atoms with Crippen LogP contribution in [0.25, 0.3) is 0 Å². The molecule has 0 spiro atoms. The van der Waals surface area contributed by atoms with Gasteiger partial charge in [0.1, 0.15) is 5.82 Å². The average molecular weight is 333 g/mol. The van der Waals surface area contributed by atoms with E-state index in [4.69, 9.17) is 34.8 Å². The van der Waals surface area contributed by atoms with E-state index >= 15 is 0 Å². The zero-order valence-corrected chi connectivity index (χ0v) is 13.0. The van der Waals surface area contributed by atoms with Crippen molar-refractivity contribution in [3.63, 3.8) is 0 Å². The molecule has 0 amide bonds. The second-order valence-corrected chi connectivity index (χ2v) is 5.73. The number of benzene rings is 2. The highest BCUT2D eigenvalue weighted by molar-refractivity contribution is 6.35. The fourth-order valence-electron chi connectivity index (χ4n) is 2.06. The minimum atomic E-state index is -0.293. The SMILES string of the molecule is CNC(Cc1ccc(Cl)cc1Cl)c1cc(Cl)ccc1F. The highest BCUT2D eigenvalue weighted by atomic mass is 35.5. The van der Waals surface area contributed by atoms with Crippen molar-refractivity contribution in [2.75, 3.05) is 7.05 Å². The van der Waals surface area contributed by atoms with Crippen molar-refractivity contribution in [3.8, 4) is 0 Å². The van der Waals surface area contributed by atoms with Gasteiger partial charge in [-0.1, -0.05) is 40.9 Å². The second kappa shape index (κ2) is 6.77. The lowest BCUT2D eigenvalue weighted by Gasteiger charge is -2.18. The van der Waals surface area contributed by atoms with Gasteiger partial charge in [-0.05, 0) is 49.4 Å². The first-order valence-corrected chi connectivity index (χ1v) is 7.21. The summed E-state index contributed by atoms with van der Waals surface area (Å²) in [6.45, 7) is 0. The topological polar surface area (TPSA) is 12.0 Å². The molecule has 0 bridgehead atoms. The Hall–Kier alpha value is -0.800. The molecule has 1 atom stereocenters. The number of hydrogen-bond acceptors (Lipinski definition) is 1. The summed E-state index contributed by atoms with van der Waals surface area (Å²) in [4.78, 5) is 0. The van der Waals surface area contributed by atoms with Crippen LogP contribution in [0, 0.1) is 5.82 Å². The van der Waals surface area contributed by atoms with Gasteiger partial charge in [0.25, 0.3) is 0 Å². The molecule has 1 unspecified atom stereocenters. The molecule has 2 rings (SSSR count). The van der Waals surface area contributed by atoms with E-state index < -0.39 is 0 Å². The van der Waals surface area contributed by atoms with Gasteiger partial charge >= 0.3 is 0 Å². The molecule has 2 aromatic rings. The van der Waals surface area contributed by atoms with Crippen LogP contribution in [0.15, 0.2) is 36.4 Å². The Labute approximate surface area is 132 Å². The number of hydrogen-bond donors (Lipinski definition) is 1. The van der Waals surface area contributed by atoms with Gasteiger partial charge in [-0.25, -0.2) is 4.39 Å². The third-order valence-corrected chi connectivity index (χ3v) is 3.94. The van der Waals surface area contributed by atoms with E-state index in [1.165, 1.54) is 12.1 Å². The molecule has 5 heteroatoms. The molecule has 0 aliphatic rings. The van der Waals surface area contributed by atoms with Crippen LogP contribution in [0.2, 0.25) is 15.1 Å². The number of rotatable bonds is 4. The lowest BCUT2D eigenvalue weighted by Crippen LogP contribution is -2.20. The van der Waals surface area contributed by atoms with Gasteiger partial charge in [0.15, 0.2) is 0 Å². The van der Waals surface area contributed by atoms with Crippen LogP contribution >= 0.6 is 34.8 Å². The van der Waals surface area contributed by atoms with Gasteiger partial charge in [-0.2, -0.15) is 0 Å². The lowest BCUT2D eigenvalue weighted by atomic mass is 9.98. The van der Waals surface area contributed by atoms with Crippen LogP contribution in [0.5, 0.6) is 0 Å². The van der Waals surface area contributed by atoms with Crippen molar-refractivity contribution in [1.29, 1.82) is 0 Å². The van der Waals surface area contributed by atoms with Gasteiger partial charge < -0.3 is 5.32 Å². The summed E-state index contributed by atoms with van der Waals surface area (Å²) < 4.78 is 13.9. The molecule has 0 heterocycles. The summed E-state index contributed by atoms with van der Waals surface area (Å²) in [6, 6.07) is 9.60. The van der Waals surface area contributed by atoms with Gasteiger partial charge in [0.2, 0.25) is 0 Å². The fraction of sp³-hybridized carbons (Fsp3) is 0.200. The molecule has 20 heavy (non-hydrogen) atoms. The maximum atomic E-state index is 13.9. The third-order valence-electron chi connectivity index (χ3n) is 3.12. The summed E-state index contributed by atoms with van der Waals surface area (Å²) in [7, 11) is 1.77. The van der Waals surface area contributed by atoms with E-state index in [0.717, 1.165) is 5.56 Å². The number of halogens is 4. The number of nitrogens with one attached hydrogen (secondary N) is 1. The minimum absolute atomic E-state index is 0.215. The first kappa shape index (κ1) is 15.6. The molecule has 0 aromatic heterocycles. The highest BCUT2D eigenvalue weighted by Crippen LogP contribution is 2.28. The molecule has 0 saturated heterocycles. The van der Waals surface area contributed by atoms with E-state index in [1.807, 2.05) is 6.07 Å². The predicted molar refractivity (Wildman–Crippen MR) is 83.4 cm³/mol. The molecule has 2 aromatic carbocycles. The molecule has 0 aliphatic heterocycles. The average Bonchev–Trinajstić information content (AvgIpc) is 2.41. The van der Waals surface area contributed by atoms with Crippen LogP contribution in [0.1, 0.15) is 17.2 Å². The van der Waals surface area contributed by atoms with E-state index in [-0.39, 0.29) is 11.9 Å². The molecule has 1 N–H and O–H groups in total. The Morgan fingerprint density at radius 2 is 1.70 bits per heavy atom. The summed E-state index contributed by atoms with van der Waals surface area (Å²) in [5.74, 6) is -0.293. The molecule has 0 radical (unpaired) electrons. The van der Waals surface area contributed by atoms with E-state index in [2.05, 4.69) is 5.32 Å². The predicted octanol–water partition coefficient (Wildman–Crippen LogP) is 5.29. The highest BCUT2D eigenvalue weighted by Gasteiger charge is 2.16. The molecule has 106 valence electrons. The van der Waals surface area contributed by atoms with Crippen molar-refractivity contribution in [1.82, 2.24) is 5.32 Å². The Bertz CT molecular complexity index is 616. The molecule has 0 fully saturated rings. The van der Waals surface area contributed by atoms with Crippen LogP contribution < -0.4 is 5.32 Å². The Balaban J connectivity index is 2.31. The molecule has 1 nitrogen and oxygen atoms in total. The zero-order valence-electron chi connectivity index (χ0n) is 10.8. The fourth-order valence-corrected chi connectivity index (χ4v) is 2.72. The van der Waals surface area contributed by atoms with Crippen LogP contribution in [0.4, 0.5) is 4.39 Å². The van der Waals surface area contributed by atoms with Crippen LogP contribution in [-0.2, 0) is 6.42 Å². The van der Waals surface area contributed by atoms with Crippen molar-refractivity contribution in [3.05, 3.63) is 68.4 Å². The van der Waals surface area contributed by atoms with E-state index in [9.17, 15) is 4.39 Å². The van der Waals surface area contributed by atoms with Crippen molar-refractivity contribution in [2.24, 2.45) is 0 Å². The molecule has 0 saturated carbocycles. The zero-order chi connectivity index (χ0) is 14.7. The summed E-state index contributed by atoms with van der Waals surface area (Å²) in [5, 5.41) is 4.74. The minimum Gasteiger partial charge on any atom is -0.313 e. The van der Waals surface area contributed by atoms with E-state index in [0.29, 0.717) is 27.1 Å². The molecular formula is C15H13Cl3FN.